The Kier molecular flexibility index (Phi) is 6.44. The average molecular weight is 350 g/mol. The lowest BCUT2D eigenvalue weighted by molar-refractivity contribution is 0.0495. The Bertz CT molecular complexity index is 682. The molecule has 2 heterocycles. The quantitative estimate of drug-likeness (QED) is 0.393. The molecule has 0 amide bonds. The van der Waals surface area contributed by atoms with Gasteiger partial charge in [-0.05, 0) is 12.5 Å². The number of nitrogens with zero attached hydrogens (tertiary/aromatic N) is 4. The van der Waals surface area contributed by atoms with E-state index in [-0.39, 0.29) is 5.69 Å². The number of aromatic nitrogens is 4. The monoisotopic (exact) mass is 350 g/mol. The van der Waals surface area contributed by atoms with Crippen molar-refractivity contribution in [3.05, 3.63) is 18.2 Å². The summed E-state index contributed by atoms with van der Waals surface area (Å²) in [5, 5.41) is 4.85. The molecule has 0 saturated heterocycles. The fourth-order valence-electron chi connectivity index (χ4n) is 2.06. The van der Waals surface area contributed by atoms with Gasteiger partial charge < -0.3 is 9.47 Å². The van der Waals surface area contributed by atoms with Gasteiger partial charge in [0.1, 0.15) is 13.1 Å². The maximum absolute atomic E-state index is 12.1. The van der Waals surface area contributed by atoms with Crippen LogP contribution in [0, 0.1) is 0 Å². The van der Waals surface area contributed by atoms with Crippen LogP contribution in [-0.4, -0.2) is 47.0 Å². The summed E-state index contributed by atoms with van der Waals surface area (Å²) in [6.45, 7) is 10.4. The lowest BCUT2D eigenvalue weighted by Crippen LogP contribution is -2.22. The summed E-state index contributed by atoms with van der Waals surface area (Å²) in [7, 11) is -1.11. The largest absolute Gasteiger partial charge is 0.461 e. The van der Waals surface area contributed by atoms with Crippen LogP contribution in [-0.2, 0) is 16.2 Å². The molecule has 2 rings (SSSR count). The molecule has 0 fully saturated rings. The molecule has 0 atom stereocenters. The Hall–Kier alpha value is -1.80. The third kappa shape index (κ3) is 5.10. The lowest BCUT2D eigenvalue weighted by Gasteiger charge is -2.15. The van der Waals surface area contributed by atoms with Gasteiger partial charge in [0.25, 0.3) is 0 Å². The van der Waals surface area contributed by atoms with Crippen molar-refractivity contribution >= 4 is 25.1 Å². The zero-order valence-electron chi connectivity index (χ0n) is 14.9. The fourth-order valence-corrected chi connectivity index (χ4v) is 2.81. The van der Waals surface area contributed by atoms with Crippen LogP contribution in [0.25, 0.3) is 11.0 Å². The van der Waals surface area contributed by atoms with Gasteiger partial charge in [0.05, 0.1) is 18.2 Å². The number of carbonyl (C=O) groups excluding carboxylic acids is 1. The summed E-state index contributed by atoms with van der Waals surface area (Å²) >= 11 is 0. The van der Waals surface area contributed by atoms with Gasteiger partial charge in [0, 0.05) is 14.7 Å². The number of fused-ring (bicyclic) bond motifs is 1. The smallest absolute Gasteiger partial charge is 0.357 e. The number of carbonyl (C=O) groups is 1. The highest BCUT2D eigenvalue weighted by Crippen LogP contribution is 2.16. The molecular weight excluding hydrogens is 324 g/mol. The van der Waals surface area contributed by atoms with Gasteiger partial charge in [0.15, 0.2) is 11.3 Å². The molecule has 0 aliphatic rings. The number of hydrogen-bond acceptors (Lipinski definition) is 6. The van der Waals surface area contributed by atoms with Crippen LogP contribution >= 0.6 is 0 Å². The van der Waals surface area contributed by atoms with Crippen LogP contribution < -0.4 is 0 Å². The number of hydrogen-bond donors (Lipinski definition) is 0. The van der Waals surface area contributed by atoms with Crippen molar-refractivity contribution in [2.24, 2.45) is 0 Å². The molecule has 0 bridgehead atoms. The van der Waals surface area contributed by atoms with Gasteiger partial charge in [0.2, 0.25) is 0 Å². The van der Waals surface area contributed by atoms with E-state index in [2.05, 4.69) is 34.7 Å². The fraction of sp³-hybridized carbons (Fsp3) is 0.625. The van der Waals surface area contributed by atoms with Gasteiger partial charge >= 0.3 is 5.97 Å². The first kappa shape index (κ1) is 18.5. The highest BCUT2D eigenvalue weighted by molar-refractivity contribution is 6.76. The highest BCUT2D eigenvalue weighted by Gasteiger charge is 2.17. The predicted molar refractivity (Wildman–Crippen MR) is 94.6 cm³/mol. The van der Waals surface area contributed by atoms with Gasteiger partial charge in [-0.15, -0.1) is 0 Å². The van der Waals surface area contributed by atoms with Crippen LogP contribution in [0.15, 0.2) is 12.5 Å². The zero-order valence-corrected chi connectivity index (χ0v) is 15.9. The third-order valence-electron chi connectivity index (χ3n) is 3.57. The van der Waals surface area contributed by atoms with Gasteiger partial charge in [-0.2, -0.15) is 5.10 Å². The summed E-state index contributed by atoms with van der Waals surface area (Å²) in [6, 6.07) is 1.09. The third-order valence-corrected chi connectivity index (χ3v) is 5.27. The molecular formula is C16H26N4O3Si. The van der Waals surface area contributed by atoms with E-state index in [1.807, 2.05) is 6.92 Å². The van der Waals surface area contributed by atoms with E-state index in [0.29, 0.717) is 31.0 Å². The van der Waals surface area contributed by atoms with Gasteiger partial charge in [-0.3, -0.25) is 0 Å². The maximum atomic E-state index is 12.1. The minimum absolute atomic E-state index is 0.254. The normalized spacial score (nSPS) is 11.8. The number of esters is 1. The highest BCUT2D eigenvalue weighted by atomic mass is 28.3. The molecule has 24 heavy (non-hydrogen) atoms. The SMILES string of the molecule is CCCCOC(=O)c1ncnc2c1cnn2COCC[Si](C)(C)C. The minimum atomic E-state index is -1.11. The van der Waals surface area contributed by atoms with E-state index in [4.69, 9.17) is 9.47 Å². The lowest BCUT2D eigenvalue weighted by atomic mass is 10.3. The van der Waals surface area contributed by atoms with E-state index in [1.54, 1.807) is 10.9 Å². The molecule has 0 aliphatic carbocycles. The van der Waals surface area contributed by atoms with Crippen LogP contribution in [0.1, 0.15) is 30.3 Å². The zero-order chi connectivity index (χ0) is 17.6. The van der Waals surface area contributed by atoms with Crippen molar-refractivity contribution in [2.75, 3.05) is 13.2 Å². The van der Waals surface area contributed by atoms with Crippen LogP contribution in [0.3, 0.4) is 0 Å². The van der Waals surface area contributed by atoms with E-state index in [9.17, 15) is 4.79 Å². The van der Waals surface area contributed by atoms with Crippen molar-refractivity contribution in [3.63, 3.8) is 0 Å². The van der Waals surface area contributed by atoms with E-state index in [0.717, 1.165) is 18.9 Å². The van der Waals surface area contributed by atoms with Crippen molar-refractivity contribution in [2.45, 2.75) is 52.2 Å². The minimum Gasteiger partial charge on any atom is -0.461 e. The molecule has 0 aliphatic heterocycles. The van der Waals surface area contributed by atoms with E-state index < -0.39 is 14.0 Å². The Morgan fingerprint density at radius 3 is 2.75 bits per heavy atom. The molecule has 0 unspecified atom stereocenters. The molecule has 0 N–H and O–H groups in total. The predicted octanol–water partition coefficient (Wildman–Crippen LogP) is 3.10. The van der Waals surface area contributed by atoms with E-state index >= 15 is 0 Å². The summed E-state index contributed by atoms with van der Waals surface area (Å²) < 4.78 is 12.6. The van der Waals surface area contributed by atoms with Crippen LogP contribution in [0.2, 0.25) is 25.7 Å². The number of ether oxygens (including phenoxy) is 2. The standard InChI is InChI=1S/C16H26N4O3Si/c1-5-6-7-23-16(21)14-13-10-19-20(15(13)18-11-17-14)12-22-8-9-24(2,3)4/h10-11H,5-9,12H2,1-4H3. The Morgan fingerprint density at radius 2 is 2.04 bits per heavy atom. The van der Waals surface area contributed by atoms with Gasteiger partial charge in [-0.1, -0.05) is 33.0 Å². The van der Waals surface area contributed by atoms with Crippen molar-refractivity contribution in [1.29, 1.82) is 0 Å². The first-order valence-electron chi connectivity index (χ1n) is 8.34. The van der Waals surface area contributed by atoms with Crippen LogP contribution in [0.4, 0.5) is 0 Å². The topological polar surface area (TPSA) is 79.1 Å². The number of rotatable bonds is 9. The summed E-state index contributed by atoms with van der Waals surface area (Å²) in [5.41, 5.74) is 0.838. The first-order valence-corrected chi connectivity index (χ1v) is 12.0. The Morgan fingerprint density at radius 1 is 1.25 bits per heavy atom. The molecule has 132 valence electrons. The van der Waals surface area contributed by atoms with Crippen LogP contribution in [0.5, 0.6) is 0 Å². The molecule has 7 nitrogen and oxygen atoms in total. The van der Waals surface area contributed by atoms with Crippen molar-refractivity contribution in [1.82, 2.24) is 19.7 Å². The average Bonchev–Trinajstić information content (AvgIpc) is 2.94. The van der Waals surface area contributed by atoms with Crippen molar-refractivity contribution in [3.8, 4) is 0 Å². The maximum Gasteiger partial charge on any atom is 0.357 e. The summed E-state index contributed by atoms with van der Waals surface area (Å²) in [4.78, 5) is 20.4. The second-order valence-corrected chi connectivity index (χ2v) is 12.6. The molecule has 0 spiro atoms. The summed E-state index contributed by atoms with van der Waals surface area (Å²) in [6.07, 6.45) is 4.76. The molecule has 0 aromatic carbocycles. The van der Waals surface area contributed by atoms with Gasteiger partial charge in [-0.25, -0.2) is 19.4 Å². The molecule has 0 radical (unpaired) electrons. The second-order valence-electron chi connectivity index (χ2n) is 6.94. The Balaban J connectivity index is 2.04. The molecule has 0 saturated carbocycles. The Labute approximate surface area is 143 Å². The number of unbranched alkanes of at least 4 members (excludes halogenated alkanes) is 1. The van der Waals surface area contributed by atoms with Crippen molar-refractivity contribution < 1.29 is 14.3 Å². The first-order chi connectivity index (χ1) is 11.4. The molecule has 2 aromatic heterocycles. The van der Waals surface area contributed by atoms with E-state index in [1.165, 1.54) is 6.33 Å². The second kappa shape index (κ2) is 8.34. The molecule has 8 heteroatoms. The molecule has 2 aromatic rings. The summed E-state index contributed by atoms with van der Waals surface area (Å²) in [5.74, 6) is -0.435.